The molecule has 3 aromatic rings. The van der Waals surface area contributed by atoms with Crippen molar-refractivity contribution >= 4 is 34.4 Å². The summed E-state index contributed by atoms with van der Waals surface area (Å²) in [5.41, 5.74) is 6.90. The lowest BCUT2D eigenvalue weighted by Gasteiger charge is -1.95. The van der Waals surface area contributed by atoms with Crippen LogP contribution in [0.25, 0.3) is 11.2 Å². The molecule has 0 atom stereocenters. The Labute approximate surface area is 112 Å². The number of hydrogen-bond donors (Lipinski definition) is 2. The molecule has 0 saturated carbocycles. The quantitative estimate of drug-likeness (QED) is 0.548. The van der Waals surface area contributed by atoms with Crippen LogP contribution in [0.2, 0.25) is 5.28 Å². The summed E-state index contributed by atoms with van der Waals surface area (Å²) in [5, 5.41) is -0.00444. The van der Waals surface area contributed by atoms with Gasteiger partial charge in [-0.2, -0.15) is 9.97 Å². The number of H-pyrrole nitrogens is 1. The Morgan fingerprint density at radius 2 is 1.89 bits per heavy atom. The number of nitrogens with zero attached hydrogens (tertiary/aromatic N) is 3. The fraction of sp³-hybridized carbons (Fsp3) is 0. The summed E-state index contributed by atoms with van der Waals surface area (Å²) < 4.78 is 0. The number of nitrogens with two attached hydrogens (primary N) is 1. The third-order valence-electron chi connectivity index (χ3n) is 2.60. The highest BCUT2D eigenvalue weighted by molar-refractivity contribution is 6.28. The maximum atomic E-state index is 12.2. The van der Waals surface area contributed by atoms with Crippen molar-refractivity contribution in [1.29, 1.82) is 0 Å². The zero-order valence-electron chi connectivity index (χ0n) is 9.59. The molecule has 0 unspecified atom stereocenters. The van der Waals surface area contributed by atoms with Gasteiger partial charge in [-0.3, -0.25) is 4.79 Å². The van der Waals surface area contributed by atoms with Crippen LogP contribution in [0.1, 0.15) is 16.2 Å². The minimum absolute atomic E-state index is 0.00444. The van der Waals surface area contributed by atoms with E-state index in [4.69, 9.17) is 17.3 Å². The Morgan fingerprint density at radius 3 is 2.63 bits per heavy atom. The topological polar surface area (TPSA) is 97.5 Å². The summed E-state index contributed by atoms with van der Waals surface area (Å²) in [6, 6.07) is 8.80. The smallest absolute Gasteiger partial charge is 0.228 e. The van der Waals surface area contributed by atoms with Gasteiger partial charge in [-0.1, -0.05) is 30.3 Å². The molecule has 7 heteroatoms. The molecule has 94 valence electrons. The molecule has 0 spiro atoms. The number of hydrogen-bond acceptors (Lipinski definition) is 5. The summed E-state index contributed by atoms with van der Waals surface area (Å²) in [6.07, 6.45) is 0. The summed E-state index contributed by atoms with van der Waals surface area (Å²) in [4.78, 5) is 26.8. The third-order valence-corrected chi connectivity index (χ3v) is 2.77. The van der Waals surface area contributed by atoms with Gasteiger partial charge < -0.3 is 10.7 Å². The summed E-state index contributed by atoms with van der Waals surface area (Å²) in [5.74, 6) is 0.0770. The van der Waals surface area contributed by atoms with Crippen LogP contribution in [0, 0.1) is 0 Å². The molecule has 0 radical (unpaired) electrons. The monoisotopic (exact) mass is 273 g/mol. The maximum absolute atomic E-state index is 12.2. The molecule has 3 rings (SSSR count). The Balaban J connectivity index is 2.12. The van der Waals surface area contributed by atoms with Crippen LogP contribution >= 0.6 is 11.6 Å². The third kappa shape index (κ3) is 2.02. The zero-order chi connectivity index (χ0) is 13.4. The molecular weight excluding hydrogens is 266 g/mol. The molecule has 2 aromatic heterocycles. The minimum Gasteiger partial charge on any atom is -0.382 e. The minimum atomic E-state index is -0.242. The van der Waals surface area contributed by atoms with E-state index in [-0.39, 0.29) is 28.4 Å². The summed E-state index contributed by atoms with van der Waals surface area (Å²) >= 11 is 5.69. The Hall–Kier alpha value is -2.47. The SMILES string of the molecule is Nc1nc(Cl)nc2nc(C(=O)c3ccccc3)[nH]c12. The average Bonchev–Trinajstić information content (AvgIpc) is 2.83. The maximum Gasteiger partial charge on any atom is 0.228 e. The second-order valence-corrected chi connectivity index (χ2v) is 4.20. The molecule has 0 amide bonds. The van der Waals surface area contributed by atoms with Gasteiger partial charge in [-0.25, -0.2) is 4.98 Å². The summed E-state index contributed by atoms with van der Waals surface area (Å²) in [6.45, 7) is 0. The number of anilines is 1. The van der Waals surface area contributed by atoms with E-state index in [2.05, 4.69) is 19.9 Å². The van der Waals surface area contributed by atoms with Gasteiger partial charge in [0.1, 0.15) is 5.52 Å². The highest BCUT2D eigenvalue weighted by atomic mass is 35.5. The number of rotatable bonds is 2. The van der Waals surface area contributed by atoms with Crippen molar-refractivity contribution < 1.29 is 4.79 Å². The van der Waals surface area contributed by atoms with Gasteiger partial charge in [0.15, 0.2) is 17.3 Å². The van der Waals surface area contributed by atoms with Gasteiger partial charge in [-0.15, -0.1) is 0 Å². The fourth-order valence-corrected chi connectivity index (χ4v) is 1.90. The van der Waals surface area contributed by atoms with Crippen molar-refractivity contribution in [2.45, 2.75) is 0 Å². The Morgan fingerprint density at radius 1 is 1.16 bits per heavy atom. The number of nitrogens with one attached hydrogen (secondary N) is 1. The van der Waals surface area contributed by atoms with E-state index >= 15 is 0 Å². The van der Waals surface area contributed by atoms with Crippen molar-refractivity contribution in [1.82, 2.24) is 19.9 Å². The molecule has 1 aromatic carbocycles. The van der Waals surface area contributed by atoms with Crippen LogP contribution in [-0.2, 0) is 0 Å². The molecule has 6 nitrogen and oxygen atoms in total. The van der Waals surface area contributed by atoms with E-state index in [1.165, 1.54) is 0 Å². The lowest BCUT2D eigenvalue weighted by Crippen LogP contribution is -2.03. The molecule has 0 bridgehead atoms. The van der Waals surface area contributed by atoms with Crippen molar-refractivity contribution in [3.8, 4) is 0 Å². The van der Waals surface area contributed by atoms with Gasteiger partial charge in [0, 0.05) is 5.56 Å². The molecule has 0 aliphatic heterocycles. The number of ketones is 1. The number of benzene rings is 1. The number of aromatic nitrogens is 4. The highest BCUT2D eigenvalue weighted by Gasteiger charge is 2.16. The van der Waals surface area contributed by atoms with Crippen LogP contribution < -0.4 is 5.73 Å². The first-order chi connectivity index (χ1) is 9.15. The molecule has 0 saturated heterocycles. The first kappa shape index (κ1) is 11.6. The first-order valence-corrected chi connectivity index (χ1v) is 5.81. The molecule has 3 N–H and O–H groups in total. The lowest BCUT2D eigenvalue weighted by molar-refractivity contribution is 0.103. The van der Waals surface area contributed by atoms with Crippen LogP contribution in [0.15, 0.2) is 30.3 Å². The van der Waals surface area contributed by atoms with Crippen LogP contribution in [0.3, 0.4) is 0 Å². The van der Waals surface area contributed by atoms with E-state index in [0.29, 0.717) is 11.1 Å². The number of nitrogen functional groups attached to an aromatic ring is 1. The number of fused-ring (bicyclic) bond motifs is 1. The standard InChI is InChI=1S/C12H8ClN5O/c13-12-16-9(14)7-10(18-12)17-11(15-7)8(19)6-4-2-1-3-5-6/h1-5H,(H3,14,15,16,17,18). The highest BCUT2D eigenvalue weighted by Crippen LogP contribution is 2.18. The van der Waals surface area contributed by atoms with E-state index < -0.39 is 0 Å². The second kappa shape index (κ2) is 4.33. The molecular formula is C12H8ClN5O. The largest absolute Gasteiger partial charge is 0.382 e. The normalized spacial score (nSPS) is 10.8. The van der Waals surface area contributed by atoms with Crippen LogP contribution in [0.5, 0.6) is 0 Å². The first-order valence-electron chi connectivity index (χ1n) is 5.43. The Kier molecular flexibility index (Phi) is 2.64. The number of halogens is 1. The van der Waals surface area contributed by atoms with Crippen molar-refractivity contribution in [2.75, 3.05) is 5.73 Å². The molecule has 0 fully saturated rings. The van der Waals surface area contributed by atoms with Gasteiger partial charge in [0.25, 0.3) is 0 Å². The van der Waals surface area contributed by atoms with Crippen molar-refractivity contribution in [2.24, 2.45) is 0 Å². The van der Waals surface area contributed by atoms with Gasteiger partial charge in [0.05, 0.1) is 0 Å². The van der Waals surface area contributed by atoms with Crippen molar-refractivity contribution in [3.63, 3.8) is 0 Å². The average molecular weight is 274 g/mol. The number of aromatic amines is 1. The lowest BCUT2D eigenvalue weighted by atomic mass is 10.1. The predicted molar refractivity (Wildman–Crippen MR) is 71.0 cm³/mol. The van der Waals surface area contributed by atoms with Gasteiger partial charge >= 0.3 is 0 Å². The molecule has 19 heavy (non-hydrogen) atoms. The van der Waals surface area contributed by atoms with Crippen molar-refractivity contribution in [3.05, 3.63) is 47.0 Å². The van der Waals surface area contributed by atoms with Crippen LogP contribution in [0.4, 0.5) is 5.82 Å². The van der Waals surface area contributed by atoms with E-state index in [0.717, 1.165) is 0 Å². The predicted octanol–water partition coefficient (Wildman–Crippen LogP) is 1.82. The zero-order valence-corrected chi connectivity index (χ0v) is 10.3. The van der Waals surface area contributed by atoms with Gasteiger partial charge in [-0.05, 0) is 11.6 Å². The van der Waals surface area contributed by atoms with E-state index in [9.17, 15) is 4.79 Å². The second-order valence-electron chi connectivity index (χ2n) is 3.86. The number of imidazole rings is 1. The fourth-order valence-electron chi connectivity index (χ4n) is 1.73. The Bertz CT molecular complexity index is 768. The summed E-state index contributed by atoms with van der Waals surface area (Å²) in [7, 11) is 0. The molecule has 0 aliphatic carbocycles. The van der Waals surface area contributed by atoms with Gasteiger partial charge in [0.2, 0.25) is 11.1 Å². The molecule has 0 aliphatic rings. The van der Waals surface area contributed by atoms with Crippen LogP contribution in [-0.4, -0.2) is 25.7 Å². The molecule has 2 heterocycles. The van der Waals surface area contributed by atoms with E-state index in [1.807, 2.05) is 6.07 Å². The number of carbonyl (C=O) groups excluding carboxylic acids is 1. The van der Waals surface area contributed by atoms with E-state index in [1.54, 1.807) is 24.3 Å². The number of carbonyl (C=O) groups is 1.